The quantitative estimate of drug-likeness (QED) is 0.0717. The Morgan fingerprint density at radius 1 is 0.702 bits per heavy atom. The first kappa shape index (κ1) is 41.0. The number of unbranched alkanes of at least 4 members (excludes halogenated alkanes) is 15. The van der Waals surface area contributed by atoms with Gasteiger partial charge in [0.05, 0.1) is 19.0 Å². The van der Waals surface area contributed by atoms with Gasteiger partial charge in [-0.3, -0.25) is 4.21 Å². The van der Waals surface area contributed by atoms with E-state index in [1.54, 1.807) is 18.5 Å². The van der Waals surface area contributed by atoms with Gasteiger partial charge in [-0.2, -0.15) is 4.57 Å². The fourth-order valence-electron chi connectivity index (χ4n) is 5.70. The molecule has 264 valence electrons. The summed E-state index contributed by atoms with van der Waals surface area (Å²) in [5.41, 5.74) is 1.18. The molecule has 2 atom stereocenters. The first-order valence-corrected chi connectivity index (χ1v) is 19.6. The zero-order chi connectivity index (χ0) is 32.3. The molecule has 0 bridgehead atoms. The molecule has 0 aliphatic heterocycles. The Kier molecular flexibility index (Phi) is 24.3. The van der Waals surface area contributed by atoms with Gasteiger partial charge in [0.2, 0.25) is 5.52 Å². The van der Waals surface area contributed by atoms with Crippen molar-refractivity contribution in [3.63, 3.8) is 0 Å². The van der Waals surface area contributed by atoms with Crippen molar-refractivity contribution in [2.45, 2.75) is 122 Å². The van der Waals surface area contributed by atoms with Crippen LogP contribution < -0.4 is 21.7 Å². The number of fused-ring (bicyclic) bond motifs is 1. The lowest BCUT2D eigenvalue weighted by molar-refractivity contribution is -0.673. The Morgan fingerprint density at radius 2 is 1.30 bits per heavy atom. The van der Waals surface area contributed by atoms with Gasteiger partial charge < -0.3 is 26.6 Å². The van der Waals surface area contributed by atoms with Crippen LogP contribution in [0.2, 0.25) is 0 Å². The highest BCUT2D eigenvalue weighted by Gasteiger charge is 2.17. The molecule has 0 amide bonds. The second kappa shape index (κ2) is 27.8. The standard InChI is InChI=1S/C38H60N3O4S.ClH/c1-2-3-4-5-6-7-8-9-10-11-12-13-14-15-16-19-29-44-33-36(45-38-39-25-21-26-40-38)34-46(42)32-31-43-30-28-41-27-20-23-35-22-17-18-24-37(35)41;/h17-18,20-27,36H,2-16,19,28-34H2,1H3;1H/q+1;/p-1. The molecule has 2 unspecified atom stereocenters. The molecule has 7 nitrogen and oxygen atoms in total. The van der Waals surface area contributed by atoms with Crippen LogP contribution in [-0.4, -0.2) is 58.2 Å². The Bertz CT molecular complexity index is 1180. The number of ether oxygens (including phenoxy) is 3. The number of benzene rings is 1. The molecule has 47 heavy (non-hydrogen) atoms. The van der Waals surface area contributed by atoms with E-state index in [0.717, 1.165) is 13.0 Å². The van der Waals surface area contributed by atoms with Crippen LogP contribution >= 0.6 is 0 Å². The van der Waals surface area contributed by atoms with E-state index in [4.69, 9.17) is 14.2 Å². The number of para-hydroxylation sites is 1. The van der Waals surface area contributed by atoms with Crippen molar-refractivity contribution in [3.8, 4) is 6.01 Å². The predicted molar refractivity (Wildman–Crippen MR) is 190 cm³/mol. The zero-order valence-electron chi connectivity index (χ0n) is 28.9. The van der Waals surface area contributed by atoms with Gasteiger partial charge in [-0.25, -0.2) is 9.97 Å². The molecule has 0 saturated heterocycles. The summed E-state index contributed by atoms with van der Waals surface area (Å²) in [5, 5.41) is 1.21. The summed E-state index contributed by atoms with van der Waals surface area (Å²) in [4.78, 5) is 8.36. The predicted octanol–water partition coefficient (Wildman–Crippen LogP) is 5.41. The minimum atomic E-state index is -1.11. The van der Waals surface area contributed by atoms with Crippen LogP contribution in [-0.2, 0) is 26.8 Å². The van der Waals surface area contributed by atoms with Crippen LogP contribution in [0.5, 0.6) is 6.01 Å². The van der Waals surface area contributed by atoms with E-state index < -0.39 is 10.8 Å². The summed E-state index contributed by atoms with van der Waals surface area (Å²) in [6.45, 7) is 5.10. The maximum Gasteiger partial charge on any atom is 0.316 e. The highest BCUT2D eigenvalue weighted by molar-refractivity contribution is 7.85. The number of hydrogen-bond donors (Lipinski definition) is 0. The van der Waals surface area contributed by atoms with Gasteiger partial charge in [0, 0.05) is 53.1 Å². The Labute approximate surface area is 293 Å². The molecule has 3 rings (SSSR count). The van der Waals surface area contributed by atoms with Gasteiger partial charge in [0.15, 0.2) is 12.7 Å². The van der Waals surface area contributed by atoms with E-state index in [-0.39, 0.29) is 18.5 Å². The minimum Gasteiger partial charge on any atom is -1.00 e. The molecule has 0 radical (unpaired) electrons. The number of halogens is 1. The summed E-state index contributed by atoms with van der Waals surface area (Å²) >= 11 is 0. The summed E-state index contributed by atoms with van der Waals surface area (Å²) < 4.78 is 32.9. The van der Waals surface area contributed by atoms with Gasteiger partial charge in [-0.05, 0) is 24.6 Å². The van der Waals surface area contributed by atoms with Crippen molar-refractivity contribution in [1.82, 2.24) is 9.97 Å². The molecule has 2 heterocycles. The number of hydrogen-bond acceptors (Lipinski definition) is 6. The fourth-order valence-corrected chi connectivity index (χ4v) is 6.75. The van der Waals surface area contributed by atoms with Crippen LogP contribution in [0.4, 0.5) is 0 Å². The second-order valence-corrected chi connectivity index (χ2v) is 14.0. The smallest absolute Gasteiger partial charge is 0.316 e. The van der Waals surface area contributed by atoms with Gasteiger partial charge in [-0.15, -0.1) is 0 Å². The lowest BCUT2D eigenvalue weighted by Crippen LogP contribution is -3.00. The third kappa shape index (κ3) is 19.5. The van der Waals surface area contributed by atoms with Gasteiger partial charge in [0.1, 0.15) is 12.7 Å². The van der Waals surface area contributed by atoms with Crippen molar-refractivity contribution in [1.29, 1.82) is 0 Å². The van der Waals surface area contributed by atoms with E-state index in [1.807, 2.05) is 12.1 Å². The molecule has 1 aromatic carbocycles. The Morgan fingerprint density at radius 3 is 1.96 bits per heavy atom. The van der Waals surface area contributed by atoms with E-state index in [2.05, 4.69) is 51.9 Å². The average Bonchev–Trinajstić information content (AvgIpc) is 3.08. The number of nitrogens with zero attached hydrogens (tertiary/aromatic N) is 3. The van der Waals surface area contributed by atoms with E-state index in [1.165, 1.54) is 107 Å². The number of aromatic nitrogens is 3. The molecule has 0 aliphatic carbocycles. The Balaban J connectivity index is 0.00000768. The molecule has 0 fully saturated rings. The number of pyridine rings is 1. The van der Waals surface area contributed by atoms with Gasteiger partial charge in [-0.1, -0.05) is 115 Å². The van der Waals surface area contributed by atoms with Crippen LogP contribution in [0.15, 0.2) is 61.1 Å². The van der Waals surface area contributed by atoms with Crippen molar-refractivity contribution in [2.24, 2.45) is 0 Å². The fraction of sp³-hybridized carbons (Fsp3) is 0.658. The van der Waals surface area contributed by atoms with E-state index in [0.29, 0.717) is 43.9 Å². The van der Waals surface area contributed by atoms with Crippen molar-refractivity contribution < 1.29 is 35.4 Å². The first-order valence-electron chi connectivity index (χ1n) is 18.1. The second-order valence-electron chi connectivity index (χ2n) is 12.3. The third-order valence-electron chi connectivity index (χ3n) is 8.35. The van der Waals surface area contributed by atoms with Crippen LogP contribution in [0, 0.1) is 0 Å². The summed E-state index contributed by atoms with van der Waals surface area (Å²) in [7, 11) is -1.11. The molecule has 0 spiro atoms. The molecule has 0 N–H and O–H groups in total. The largest absolute Gasteiger partial charge is 1.00 e. The first-order chi connectivity index (χ1) is 22.8. The van der Waals surface area contributed by atoms with Crippen LogP contribution in [0.3, 0.4) is 0 Å². The third-order valence-corrected chi connectivity index (χ3v) is 9.72. The zero-order valence-corrected chi connectivity index (χ0v) is 30.4. The maximum atomic E-state index is 12.9. The molecular weight excluding hydrogens is 630 g/mol. The Hall–Kier alpha value is -2.13. The minimum absolute atomic E-state index is 0. The summed E-state index contributed by atoms with van der Waals surface area (Å²) in [6, 6.07) is 14.5. The topological polar surface area (TPSA) is 74.4 Å². The molecular formula is C38H60ClN3O4S. The molecule has 3 aromatic rings. The highest BCUT2D eigenvalue weighted by atomic mass is 35.5. The van der Waals surface area contributed by atoms with Gasteiger partial charge >= 0.3 is 6.01 Å². The van der Waals surface area contributed by atoms with Crippen LogP contribution in [0.1, 0.15) is 110 Å². The van der Waals surface area contributed by atoms with Gasteiger partial charge in [0.25, 0.3) is 0 Å². The lowest BCUT2D eigenvalue weighted by Gasteiger charge is -2.17. The van der Waals surface area contributed by atoms with Crippen molar-refractivity contribution in [2.75, 3.05) is 37.9 Å². The van der Waals surface area contributed by atoms with Crippen LogP contribution in [0.25, 0.3) is 10.9 Å². The molecule has 0 saturated carbocycles. The van der Waals surface area contributed by atoms with E-state index >= 15 is 0 Å². The maximum absolute atomic E-state index is 12.9. The average molecular weight is 690 g/mol. The van der Waals surface area contributed by atoms with E-state index in [9.17, 15) is 4.21 Å². The molecule has 0 aliphatic rings. The lowest BCUT2D eigenvalue weighted by atomic mass is 10.0. The number of rotatable bonds is 29. The SMILES string of the molecule is CCCCCCCCCCCCCCCCCCOCC(CS(=O)CCOCC[n+]1cccc2ccccc21)Oc1ncccn1.[Cl-]. The molecule has 9 heteroatoms. The summed E-state index contributed by atoms with van der Waals surface area (Å²) in [5.74, 6) is 0.813. The summed E-state index contributed by atoms with van der Waals surface area (Å²) in [6.07, 6.45) is 26.6. The molecule has 2 aromatic heterocycles. The highest BCUT2D eigenvalue weighted by Crippen LogP contribution is 2.14. The van der Waals surface area contributed by atoms with Crippen molar-refractivity contribution in [3.05, 3.63) is 61.1 Å². The normalized spacial score (nSPS) is 12.5. The van der Waals surface area contributed by atoms with Crippen molar-refractivity contribution >= 4 is 21.7 Å². The monoisotopic (exact) mass is 689 g/mol.